The van der Waals surface area contributed by atoms with E-state index in [1.807, 2.05) is 6.92 Å². The van der Waals surface area contributed by atoms with E-state index in [0.29, 0.717) is 0 Å². The van der Waals surface area contributed by atoms with Crippen LogP contribution < -0.4 is 5.32 Å². The minimum absolute atomic E-state index is 0.811. The minimum Gasteiger partial charge on any atom is -0.346 e. The van der Waals surface area contributed by atoms with Gasteiger partial charge in [-0.15, -0.1) is 0 Å². The Morgan fingerprint density at radius 3 is 2.58 bits per heavy atom. The first kappa shape index (κ1) is 7.80. The lowest BCUT2D eigenvalue weighted by Crippen LogP contribution is -2.43. The number of rotatable bonds is 2. The maximum atomic E-state index is 4.45. The van der Waals surface area contributed by atoms with Crippen molar-refractivity contribution in [2.45, 2.75) is 20.3 Å². The van der Waals surface area contributed by atoms with Crippen LogP contribution in [0.5, 0.6) is 0 Å². The molecule has 1 saturated heterocycles. The predicted molar refractivity (Wildman–Crippen MR) is 48.1 cm³/mol. The standard InChI is InChI=1S/C9H15N3/c1-6-9(12-7(2)11-6)3-8-4-10-5-8/h8,10H,3-5H2,1-2H3,(H,11,12). The zero-order valence-corrected chi connectivity index (χ0v) is 7.65. The van der Waals surface area contributed by atoms with Crippen LogP contribution >= 0.6 is 0 Å². The zero-order valence-electron chi connectivity index (χ0n) is 7.65. The predicted octanol–water partition coefficient (Wildman–Crippen LogP) is 0.788. The van der Waals surface area contributed by atoms with Crippen LogP contribution in [-0.2, 0) is 6.42 Å². The third-order valence-electron chi connectivity index (χ3n) is 2.45. The van der Waals surface area contributed by atoms with E-state index in [-0.39, 0.29) is 0 Å². The van der Waals surface area contributed by atoms with Gasteiger partial charge >= 0.3 is 0 Å². The Kier molecular flexibility index (Phi) is 1.89. The average Bonchev–Trinajstić information content (AvgIpc) is 2.21. The van der Waals surface area contributed by atoms with E-state index in [4.69, 9.17) is 0 Å². The molecule has 0 saturated carbocycles. The van der Waals surface area contributed by atoms with Crippen LogP contribution in [0, 0.1) is 19.8 Å². The molecule has 0 aromatic carbocycles. The van der Waals surface area contributed by atoms with Crippen LogP contribution in [0.25, 0.3) is 0 Å². The summed E-state index contributed by atoms with van der Waals surface area (Å²) < 4.78 is 0. The third kappa shape index (κ3) is 1.37. The SMILES string of the molecule is Cc1nc(CC2CNC2)c(C)[nH]1. The Morgan fingerprint density at radius 1 is 1.42 bits per heavy atom. The molecule has 12 heavy (non-hydrogen) atoms. The molecule has 0 unspecified atom stereocenters. The minimum atomic E-state index is 0.811. The van der Waals surface area contributed by atoms with Gasteiger partial charge in [-0.3, -0.25) is 0 Å². The fraction of sp³-hybridized carbons (Fsp3) is 0.667. The Balaban J connectivity index is 2.05. The smallest absolute Gasteiger partial charge is 0.103 e. The quantitative estimate of drug-likeness (QED) is 0.680. The summed E-state index contributed by atoms with van der Waals surface area (Å²) >= 11 is 0. The molecule has 3 heteroatoms. The summed E-state index contributed by atoms with van der Waals surface area (Å²) in [4.78, 5) is 7.68. The molecule has 0 atom stereocenters. The van der Waals surface area contributed by atoms with Crippen LogP contribution in [0.2, 0.25) is 0 Å². The molecule has 1 aromatic rings. The molecular formula is C9H15N3. The first-order valence-electron chi connectivity index (χ1n) is 4.48. The number of nitrogens with zero attached hydrogens (tertiary/aromatic N) is 1. The van der Waals surface area contributed by atoms with Crippen molar-refractivity contribution in [1.29, 1.82) is 0 Å². The van der Waals surface area contributed by atoms with Crippen LogP contribution in [0.15, 0.2) is 0 Å². The number of hydrogen-bond acceptors (Lipinski definition) is 2. The number of H-pyrrole nitrogens is 1. The average molecular weight is 165 g/mol. The summed E-state index contributed by atoms with van der Waals surface area (Å²) in [5.41, 5.74) is 2.48. The molecule has 1 aromatic heterocycles. The summed E-state index contributed by atoms with van der Waals surface area (Å²) in [5, 5.41) is 3.27. The van der Waals surface area contributed by atoms with E-state index in [2.05, 4.69) is 22.2 Å². The van der Waals surface area contributed by atoms with Gasteiger partial charge in [0.1, 0.15) is 5.82 Å². The van der Waals surface area contributed by atoms with Crippen molar-refractivity contribution in [3.05, 3.63) is 17.2 Å². The Hall–Kier alpha value is -0.830. The molecule has 1 aliphatic rings. The lowest BCUT2D eigenvalue weighted by atomic mass is 9.97. The van der Waals surface area contributed by atoms with Gasteiger partial charge in [0.2, 0.25) is 0 Å². The molecule has 3 nitrogen and oxygen atoms in total. The van der Waals surface area contributed by atoms with E-state index in [1.165, 1.54) is 11.4 Å². The number of aromatic nitrogens is 2. The molecular weight excluding hydrogens is 150 g/mol. The number of aromatic amines is 1. The van der Waals surface area contributed by atoms with Crippen LogP contribution in [0.3, 0.4) is 0 Å². The van der Waals surface area contributed by atoms with Crippen LogP contribution in [0.1, 0.15) is 17.2 Å². The number of aryl methyl sites for hydroxylation is 2. The molecule has 66 valence electrons. The van der Waals surface area contributed by atoms with Crippen molar-refractivity contribution >= 4 is 0 Å². The lowest BCUT2D eigenvalue weighted by molar-refractivity contribution is 0.344. The van der Waals surface area contributed by atoms with Gasteiger partial charge in [-0.1, -0.05) is 0 Å². The first-order chi connectivity index (χ1) is 5.75. The largest absolute Gasteiger partial charge is 0.346 e. The summed E-state index contributed by atoms with van der Waals surface area (Å²) in [6, 6.07) is 0. The van der Waals surface area contributed by atoms with Crippen molar-refractivity contribution in [2.24, 2.45) is 5.92 Å². The summed E-state index contributed by atoms with van der Waals surface area (Å²) in [7, 11) is 0. The van der Waals surface area contributed by atoms with E-state index >= 15 is 0 Å². The highest BCUT2D eigenvalue weighted by atomic mass is 15.0. The molecule has 2 N–H and O–H groups in total. The van der Waals surface area contributed by atoms with Gasteiger partial charge in [-0.25, -0.2) is 4.98 Å². The Bertz CT molecular complexity index is 273. The normalized spacial score (nSPS) is 17.8. The second kappa shape index (κ2) is 2.90. The molecule has 0 amide bonds. The van der Waals surface area contributed by atoms with Gasteiger partial charge in [0.15, 0.2) is 0 Å². The van der Waals surface area contributed by atoms with Crippen LogP contribution in [-0.4, -0.2) is 23.1 Å². The maximum absolute atomic E-state index is 4.45. The summed E-state index contributed by atoms with van der Waals surface area (Å²) in [6.45, 7) is 6.42. The highest BCUT2D eigenvalue weighted by Gasteiger charge is 2.19. The van der Waals surface area contributed by atoms with Gasteiger partial charge in [-0.05, 0) is 39.3 Å². The second-order valence-corrected chi connectivity index (χ2v) is 3.62. The number of nitrogens with one attached hydrogen (secondary N) is 2. The van der Waals surface area contributed by atoms with E-state index in [0.717, 1.165) is 31.3 Å². The van der Waals surface area contributed by atoms with Crippen molar-refractivity contribution in [1.82, 2.24) is 15.3 Å². The van der Waals surface area contributed by atoms with Crippen molar-refractivity contribution in [2.75, 3.05) is 13.1 Å². The van der Waals surface area contributed by atoms with Crippen LogP contribution in [0.4, 0.5) is 0 Å². The van der Waals surface area contributed by atoms with Gasteiger partial charge < -0.3 is 10.3 Å². The zero-order chi connectivity index (χ0) is 8.55. The highest BCUT2D eigenvalue weighted by molar-refractivity contribution is 5.13. The lowest BCUT2D eigenvalue weighted by Gasteiger charge is -2.26. The fourth-order valence-electron chi connectivity index (χ4n) is 1.62. The molecule has 1 fully saturated rings. The molecule has 0 spiro atoms. The molecule has 0 bridgehead atoms. The summed E-state index contributed by atoms with van der Waals surface area (Å²) in [6.07, 6.45) is 1.13. The molecule has 0 radical (unpaired) electrons. The van der Waals surface area contributed by atoms with Gasteiger partial charge in [0.05, 0.1) is 5.69 Å². The monoisotopic (exact) mass is 165 g/mol. The van der Waals surface area contributed by atoms with Gasteiger partial charge in [0, 0.05) is 5.69 Å². The summed E-state index contributed by atoms with van der Waals surface area (Å²) in [5.74, 6) is 1.85. The Labute approximate surface area is 72.6 Å². The number of imidazole rings is 1. The van der Waals surface area contributed by atoms with Gasteiger partial charge in [0.25, 0.3) is 0 Å². The van der Waals surface area contributed by atoms with E-state index < -0.39 is 0 Å². The van der Waals surface area contributed by atoms with E-state index in [9.17, 15) is 0 Å². The van der Waals surface area contributed by atoms with Gasteiger partial charge in [-0.2, -0.15) is 0 Å². The molecule has 2 rings (SSSR count). The third-order valence-corrected chi connectivity index (χ3v) is 2.45. The van der Waals surface area contributed by atoms with Crippen molar-refractivity contribution in [3.8, 4) is 0 Å². The molecule has 0 aliphatic carbocycles. The van der Waals surface area contributed by atoms with Crippen molar-refractivity contribution in [3.63, 3.8) is 0 Å². The number of hydrogen-bond donors (Lipinski definition) is 2. The molecule has 2 heterocycles. The maximum Gasteiger partial charge on any atom is 0.103 e. The second-order valence-electron chi connectivity index (χ2n) is 3.62. The van der Waals surface area contributed by atoms with E-state index in [1.54, 1.807) is 0 Å². The Morgan fingerprint density at radius 2 is 2.17 bits per heavy atom. The highest BCUT2D eigenvalue weighted by Crippen LogP contribution is 2.13. The topological polar surface area (TPSA) is 40.7 Å². The first-order valence-corrected chi connectivity index (χ1v) is 4.48. The van der Waals surface area contributed by atoms with Crippen molar-refractivity contribution < 1.29 is 0 Å². The molecule has 1 aliphatic heterocycles. The fourth-order valence-corrected chi connectivity index (χ4v) is 1.62.